The molecule has 0 atom stereocenters. The van der Waals surface area contributed by atoms with Crippen LogP contribution in [0.2, 0.25) is 0 Å². The molecule has 0 aromatic heterocycles. The summed E-state index contributed by atoms with van der Waals surface area (Å²) in [4.78, 5) is 37.2. The summed E-state index contributed by atoms with van der Waals surface area (Å²) in [6, 6.07) is -0.425. The highest BCUT2D eigenvalue weighted by atomic mass is 16.3. The van der Waals surface area contributed by atoms with Crippen molar-refractivity contribution >= 4 is 17.8 Å². The van der Waals surface area contributed by atoms with Gasteiger partial charge in [0.15, 0.2) is 0 Å². The van der Waals surface area contributed by atoms with E-state index in [-0.39, 0.29) is 31.0 Å². The van der Waals surface area contributed by atoms with E-state index in [9.17, 15) is 19.5 Å². The van der Waals surface area contributed by atoms with Gasteiger partial charge in [-0.1, -0.05) is 0 Å². The molecule has 20 heavy (non-hydrogen) atoms. The van der Waals surface area contributed by atoms with Crippen LogP contribution in [0.1, 0.15) is 25.7 Å². The van der Waals surface area contributed by atoms with E-state index in [0.29, 0.717) is 12.5 Å². The SMILES string of the molecule is CN1CC(=O)N(CC(=O)NCC2CCC(O)CC2)C1=O. The molecule has 0 bridgehead atoms. The molecule has 2 rings (SSSR count). The van der Waals surface area contributed by atoms with Gasteiger partial charge >= 0.3 is 6.03 Å². The normalized spacial score (nSPS) is 27.1. The van der Waals surface area contributed by atoms with Crippen molar-refractivity contribution in [2.24, 2.45) is 5.92 Å². The highest BCUT2D eigenvalue weighted by molar-refractivity contribution is 6.04. The van der Waals surface area contributed by atoms with Gasteiger partial charge in [-0.3, -0.25) is 14.5 Å². The van der Waals surface area contributed by atoms with Crippen molar-refractivity contribution in [3.05, 3.63) is 0 Å². The van der Waals surface area contributed by atoms with E-state index in [2.05, 4.69) is 5.32 Å². The average molecular weight is 283 g/mol. The molecule has 2 aliphatic rings. The molecule has 1 aliphatic carbocycles. The van der Waals surface area contributed by atoms with Crippen molar-refractivity contribution in [1.82, 2.24) is 15.1 Å². The van der Waals surface area contributed by atoms with Gasteiger partial charge < -0.3 is 15.3 Å². The van der Waals surface area contributed by atoms with Crippen molar-refractivity contribution in [2.45, 2.75) is 31.8 Å². The number of urea groups is 1. The van der Waals surface area contributed by atoms with Crippen molar-refractivity contribution in [1.29, 1.82) is 0 Å². The Morgan fingerprint density at radius 2 is 1.95 bits per heavy atom. The molecule has 1 heterocycles. The van der Waals surface area contributed by atoms with Crippen LogP contribution in [0.5, 0.6) is 0 Å². The topological polar surface area (TPSA) is 90.0 Å². The smallest absolute Gasteiger partial charge is 0.327 e. The quantitative estimate of drug-likeness (QED) is 0.684. The number of carbonyl (C=O) groups is 3. The zero-order valence-electron chi connectivity index (χ0n) is 11.7. The van der Waals surface area contributed by atoms with Crippen LogP contribution in [-0.2, 0) is 9.59 Å². The molecule has 2 N–H and O–H groups in total. The van der Waals surface area contributed by atoms with Crippen LogP contribution in [-0.4, -0.2) is 65.5 Å². The van der Waals surface area contributed by atoms with Crippen molar-refractivity contribution in [3.63, 3.8) is 0 Å². The number of amides is 4. The molecule has 7 nitrogen and oxygen atoms in total. The summed E-state index contributed by atoms with van der Waals surface area (Å²) in [6.07, 6.45) is 3.12. The van der Waals surface area contributed by atoms with E-state index in [1.807, 2.05) is 0 Å². The summed E-state index contributed by atoms with van der Waals surface area (Å²) in [6.45, 7) is 0.363. The summed E-state index contributed by atoms with van der Waals surface area (Å²) >= 11 is 0. The van der Waals surface area contributed by atoms with E-state index in [4.69, 9.17) is 0 Å². The molecule has 0 spiro atoms. The van der Waals surface area contributed by atoms with Gasteiger partial charge in [-0.05, 0) is 31.6 Å². The van der Waals surface area contributed by atoms with Gasteiger partial charge in [0.2, 0.25) is 5.91 Å². The van der Waals surface area contributed by atoms with Crippen LogP contribution >= 0.6 is 0 Å². The lowest BCUT2D eigenvalue weighted by atomic mass is 9.87. The molecular formula is C13H21N3O4. The largest absolute Gasteiger partial charge is 0.393 e. The van der Waals surface area contributed by atoms with Gasteiger partial charge in [0.1, 0.15) is 13.1 Å². The van der Waals surface area contributed by atoms with Gasteiger partial charge in [-0.25, -0.2) is 4.79 Å². The third-order valence-corrected chi connectivity index (χ3v) is 3.94. The number of aliphatic hydroxyl groups is 1. The average Bonchev–Trinajstić information content (AvgIpc) is 2.65. The first-order valence-corrected chi connectivity index (χ1v) is 6.97. The van der Waals surface area contributed by atoms with E-state index in [1.54, 1.807) is 0 Å². The standard InChI is InChI=1S/C13H21N3O4/c1-15-8-12(19)16(13(15)20)7-11(18)14-6-9-2-4-10(17)5-3-9/h9-10,17H,2-8H2,1H3,(H,14,18). The second-order valence-corrected chi connectivity index (χ2v) is 5.60. The second-order valence-electron chi connectivity index (χ2n) is 5.60. The maximum Gasteiger partial charge on any atom is 0.327 e. The van der Waals surface area contributed by atoms with Crippen molar-refractivity contribution in [3.8, 4) is 0 Å². The van der Waals surface area contributed by atoms with Crippen LogP contribution in [0, 0.1) is 5.92 Å². The third kappa shape index (κ3) is 3.47. The lowest BCUT2D eigenvalue weighted by Gasteiger charge is -2.25. The number of aliphatic hydroxyl groups excluding tert-OH is 1. The molecule has 2 fully saturated rings. The minimum Gasteiger partial charge on any atom is -0.393 e. The second kappa shape index (κ2) is 6.21. The fraction of sp³-hybridized carbons (Fsp3) is 0.769. The number of likely N-dealkylation sites (N-methyl/N-ethyl adjacent to an activating group) is 1. The molecule has 0 aromatic rings. The zero-order valence-corrected chi connectivity index (χ0v) is 11.7. The summed E-state index contributed by atoms with van der Waals surface area (Å²) in [7, 11) is 1.53. The number of rotatable bonds is 4. The van der Waals surface area contributed by atoms with Crippen LogP contribution in [0.3, 0.4) is 0 Å². The Bertz CT molecular complexity index is 404. The van der Waals surface area contributed by atoms with E-state index in [0.717, 1.165) is 30.6 Å². The summed E-state index contributed by atoms with van der Waals surface area (Å²) in [5.74, 6) is -0.281. The van der Waals surface area contributed by atoms with Gasteiger partial charge in [-0.2, -0.15) is 0 Å². The molecule has 1 saturated carbocycles. The Balaban J connectivity index is 1.73. The van der Waals surface area contributed by atoms with Crippen LogP contribution in [0.15, 0.2) is 0 Å². The Morgan fingerprint density at radius 3 is 2.50 bits per heavy atom. The highest BCUT2D eigenvalue weighted by Gasteiger charge is 2.34. The van der Waals surface area contributed by atoms with Crippen LogP contribution in [0.4, 0.5) is 4.79 Å². The van der Waals surface area contributed by atoms with Gasteiger partial charge in [0.05, 0.1) is 6.10 Å². The first kappa shape index (κ1) is 14.8. The predicted molar refractivity (Wildman–Crippen MR) is 70.7 cm³/mol. The maximum atomic E-state index is 11.8. The summed E-state index contributed by atoms with van der Waals surface area (Å²) < 4.78 is 0. The Morgan fingerprint density at radius 1 is 1.30 bits per heavy atom. The van der Waals surface area contributed by atoms with Crippen molar-refractivity contribution < 1.29 is 19.5 Å². The van der Waals surface area contributed by atoms with E-state index >= 15 is 0 Å². The van der Waals surface area contributed by atoms with Crippen LogP contribution < -0.4 is 5.32 Å². The number of hydrogen-bond donors (Lipinski definition) is 2. The molecule has 112 valence electrons. The zero-order chi connectivity index (χ0) is 14.7. The van der Waals surface area contributed by atoms with E-state index < -0.39 is 6.03 Å². The number of nitrogens with zero attached hydrogens (tertiary/aromatic N) is 2. The number of hydrogen-bond acceptors (Lipinski definition) is 4. The Kier molecular flexibility index (Phi) is 4.59. The van der Waals surface area contributed by atoms with Gasteiger partial charge in [-0.15, -0.1) is 0 Å². The van der Waals surface area contributed by atoms with Gasteiger partial charge in [0.25, 0.3) is 5.91 Å². The maximum absolute atomic E-state index is 11.8. The molecule has 1 aliphatic heterocycles. The van der Waals surface area contributed by atoms with E-state index in [1.165, 1.54) is 11.9 Å². The van der Waals surface area contributed by atoms with Crippen molar-refractivity contribution in [2.75, 3.05) is 26.7 Å². The number of carbonyl (C=O) groups excluding carboxylic acids is 3. The number of imide groups is 1. The highest BCUT2D eigenvalue weighted by Crippen LogP contribution is 2.23. The molecule has 7 heteroatoms. The molecule has 1 saturated heterocycles. The summed E-state index contributed by atoms with van der Waals surface area (Å²) in [5, 5.41) is 12.2. The first-order valence-electron chi connectivity index (χ1n) is 6.97. The molecule has 0 unspecified atom stereocenters. The Labute approximate surface area is 117 Å². The lowest BCUT2D eigenvalue weighted by molar-refractivity contribution is -0.130. The minimum atomic E-state index is -0.425. The third-order valence-electron chi connectivity index (χ3n) is 3.94. The fourth-order valence-corrected chi connectivity index (χ4v) is 2.63. The van der Waals surface area contributed by atoms with Crippen LogP contribution in [0.25, 0.3) is 0 Å². The first-order chi connectivity index (χ1) is 9.47. The molecule has 0 aromatic carbocycles. The minimum absolute atomic E-state index is 0.0344. The lowest BCUT2D eigenvalue weighted by Crippen LogP contribution is -2.42. The molecule has 4 amide bonds. The fourth-order valence-electron chi connectivity index (χ4n) is 2.63. The Hall–Kier alpha value is -1.63. The molecule has 0 radical (unpaired) electrons. The number of nitrogens with one attached hydrogen (secondary N) is 1. The summed E-state index contributed by atoms with van der Waals surface area (Å²) in [5.41, 5.74) is 0. The van der Waals surface area contributed by atoms with Gasteiger partial charge in [0, 0.05) is 13.6 Å². The molecular weight excluding hydrogens is 262 g/mol. The predicted octanol–water partition coefficient (Wildman–Crippen LogP) is -0.452. The monoisotopic (exact) mass is 283 g/mol.